The maximum Gasteiger partial charge on any atom is 0.306 e. The van der Waals surface area contributed by atoms with Crippen molar-refractivity contribution >= 4 is 28.6 Å². The van der Waals surface area contributed by atoms with Crippen molar-refractivity contribution in [2.45, 2.75) is 57.1 Å². The second kappa shape index (κ2) is 14.0. The van der Waals surface area contributed by atoms with Crippen LogP contribution in [0.4, 0.5) is 0 Å². The summed E-state index contributed by atoms with van der Waals surface area (Å²) < 4.78 is 30.3. The Kier molecular flexibility index (Phi) is 11.0. The Bertz CT molecular complexity index is 863. The van der Waals surface area contributed by atoms with E-state index in [4.69, 9.17) is 23.7 Å². The molecule has 8 nitrogen and oxygen atoms in total. The molecule has 0 aromatic heterocycles. The van der Waals surface area contributed by atoms with Gasteiger partial charge in [-0.05, 0) is 58.8 Å². The highest BCUT2D eigenvalue weighted by Crippen LogP contribution is 2.29. The first-order valence-electron chi connectivity index (χ1n) is 11.3. The van der Waals surface area contributed by atoms with Gasteiger partial charge >= 0.3 is 5.97 Å². The summed E-state index contributed by atoms with van der Waals surface area (Å²) in [6.45, 7) is 1.98. The number of hydrogen-bond donors (Lipinski definition) is 2. The summed E-state index contributed by atoms with van der Waals surface area (Å²) in [6, 6.07) is 17.0. The van der Waals surface area contributed by atoms with E-state index in [0.29, 0.717) is 18.8 Å². The number of carbonyl (C=O) groups excluding carboxylic acids is 1. The Morgan fingerprint density at radius 1 is 1.09 bits per heavy atom. The molecule has 1 aliphatic rings. The lowest BCUT2D eigenvalue weighted by molar-refractivity contribution is -0.292. The van der Waals surface area contributed by atoms with Gasteiger partial charge in [0, 0.05) is 9.99 Å². The summed E-state index contributed by atoms with van der Waals surface area (Å²) in [5.74, 6) is 0.0686. The minimum Gasteiger partial charge on any atom is -0.461 e. The van der Waals surface area contributed by atoms with Crippen molar-refractivity contribution in [3.05, 3.63) is 63.7 Å². The van der Waals surface area contributed by atoms with E-state index in [9.17, 15) is 15.0 Å². The highest BCUT2D eigenvalue weighted by atomic mass is 127. The first kappa shape index (κ1) is 26.8. The Balaban J connectivity index is 1.78. The van der Waals surface area contributed by atoms with Gasteiger partial charge in [0.2, 0.25) is 6.29 Å². The first-order valence-corrected chi connectivity index (χ1v) is 12.4. The van der Waals surface area contributed by atoms with Crippen LogP contribution in [0.3, 0.4) is 0 Å². The predicted octanol–water partition coefficient (Wildman–Crippen LogP) is 3.06. The lowest BCUT2D eigenvalue weighted by Gasteiger charge is -2.43. The Morgan fingerprint density at radius 3 is 2.50 bits per heavy atom. The summed E-state index contributed by atoms with van der Waals surface area (Å²) in [5.41, 5.74) is 0.985. The number of hydrogen-bond acceptors (Lipinski definition) is 8. The smallest absolute Gasteiger partial charge is 0.306 e. The molecular formula is C25H31IO8. The quantitative estimate of drug-likeness (QED) is 0.289. The number of benzene rings is 2. The highest BCUT2D eigenvalue weighted by Gasteiger charge is 2.49. The molecule has 1 fully saturated rings. The molecule has 0 bridgehead atoms. The minimum atomic E-state index is -1.17. The molecule has 186 valence electrons. The topological polar surface area (TPSA) is 104 Å². The number of rotatable bonds is 12. The molecule has 0 unspecified atom stereocenters. The molecule has 2 aromatic rings. The molecule has 1 heterocycles. The van der Waals surface area contributed by atoms with Crippen LogP contribution in [0.2, 0.25) is 0 Å². The molecule has 0 amide bonds. The van der Waals surface area contributed by atoms with E-state index >= 15 is 0 Å². The van der Waals surface area contributed by atoms with Gasteiger partial charge in [-0.25, -0.2) is 0 Å². The Hall–Kier alpha value is -1.76. The zero-order valence-corrected chi connectivity index (χ0v) is 21.2. The molecule has 5 atom stereocenters. The van der Waals surface area contributed by atoms with Gasteiger partial charge in [0.25, 0.3) is 0 Å². The van der Waals surface area contributed by atoms with Gasteiger partial charge in [-0.3, -0.25) is 4.79 Å². The van der Waals surface area contributed by atoms with Crippen molar-refractivity contribution in [1.82, 2.24) is 0 Å². The van der Waals surface area contributed by atoms with Crippen molar-refractivity contribution in [3.8, 4) is 5.75 Å². The van der Waals surface area contributed by atoms with Crippen LogP contribution >= 0.6 is 22.6 Å². The van der Waals surface area contributed by atoms with Crippen molar-refractivity contribution in [3.63, 3.8) is 0 Å². The van der Waals surface area contributed by atoms with Crippen LogP contribution in [0.1, 0.15) is 25.3 Å². The molecule has 0 radical (unpaired) electrons. The van der Waals surface area contributed by atoms with E-state index in [1.165, 1.54) is 0 Å². The largest absolute Gasteiger partial charge is 0.461 e. The van der Waals surface area contributed by atoms with Crippen LogP contribution in [-0.2, 0) is 30.3 Å². The SMILES string of the molecule is CCCC(=O)O[C@@H]1[C@H](Oc2ccc(I)cc2)O[C@@H](COCc2ccccc2)[C@@H](O)[C@@H]1OCCO. The number of ether oxygens (including phenoxy) is 5. The zero-order chi connectivity index (χ0) is 24.3. The monoisotopic (exact) mass is 586 g/mol. The average molecular weight is 586 g/mol. The lowest BCUT2D eigenvalue weighted by Crippen LogP contribution is -2.62. The third-order valence-corrected chi connectivity index (χ3v) is 5.92. The molecule has 3 rings (SSSR count). The van der Waals surface area contributed by atoms with Gasteiger partial charge in [0.15, 0.2) is 6.10 Å². The van der Waals surface area contributed by atoms with Gasteiger partial charge in [-0.2, -0.15) is 0 Å². The summed E-state index contributed by atoms with van der Waals surface area (Å²) in [4.78, 5) is 12.3. The summed E-state index contributed by atoms with van der Waals surface area (Å²) >= 11 is 2.19. The second-order valence-corrected chi connectivity index (χ2v) is 9.12. The number of aliphatic hydroxyl groups is 2. The molecular weight excluding hydrogens is 555 g/mol. The first-order chi connectivity index (χ1) is 16.5. The Labute approximate surface area is 213 Å². The molecule has 1 aliphatic heterocycles. The highest BCUT2D eigenvalue weighted by molar-refractivity contribution is 14.1. The number of esters is 1. The van der Waals surface area contributed by atoms with Crippen molar-refractivity contribution < 1.29 is 38.7 Å². The molecule has 2 aromatic carbocycles. The van der Waals surface area contributed by atoms with Crippen molar-refractivity contribution in [1.29, 1.82) is 0 Å². The van der Waals surface area contributed by atoms with Gasteiger partial charge in [-0.1, -0.05) is 37.3 Å². The Morgan fingerprint density at radius 2 is 1.82 bits per heavy atom. The summed E-state index contributed by atoms with van der Waals surface area (Å²) in [5, 5.41) is 20.3. The van der Waals surface area contributed by atoms with Crippen LogP contribution in [-0.4, -0.2) is 66.7 Å². The molecule has 9 heteroatoms. The number of carbonyl (C=O) groups is 1. The van der Waals surface area contributed by atoms with Gasteiger partial charge in [0.1, 0.15) is 24.1 Å². The zero-order valence-electron chi connectivity index (χ0n) is 19.0. The minimum absolute atomic E-state index is 0.0442. The lowest BCUT2D eigenvalue weighted by atomic mass is 9.98. The fraction of sp³-hybridized carbons (Fsp3) is 0.480. The van der Waals surface area contributed by atoms with E-state index in [1.54, 1.807) is 12.1 Å². The average Bonchev–Trinajstić information content (AvgIpc) is 2.83. The normalized spacial score (nSPS) is 24.5. The molecule has 34 heavy (non-hydrogen) atoms. The standard InChI is InChI=1S/C25H31IO8/c1-2-6-21(28)34-24-23(31-14-13-27)22(29)20(16-30-15-17-7-4-3-5-8-17)33-25(24)32-19-11-9-18(26)10-12-19/h3-5,7-12,20,22-25,27,29H,2,6,13-16H2,1H3/t20-,22+,23-,24-,25+/m0/s1. The maximum absolute atomic E-state index is 12.3. The molecule has 0 saturated carbocycles. The van der Waals surface area contributed by atoms with Crippen molar-refractivity contribution in [2.75, 3.05) is 19.8 Å². The van der Waals surface area contributed by atoms with Crippen LogP contribution in [0, 0.1) is 3.57 Å². The van der Waals surface area contributed by atoms with E-state index < -0.39 is 36.7 Å². The van der Waals surface area contributed by atoms with E-state index in [2.05, 4.69) is 22.6 Å². The third-order valence-electron chi connectivity index (χ3n) is 5.20. The van der Waals surface area contributed by atoms with Crippen LogP contribution in [0.15, 0.2) is 54.6 Å². The van der Waals surface area contributed by atoms with Crippen molar-refractivity contribution in [2.24, 2.45) is 0 Å². The second-order valence-electron chi connectivity index (χ2n) is 7.87. The maximum atomic E-state index is 12.3. The fourth-order valence-corrected chi connectivity index (χ4v) is 3.92. The van der Waals surface area contributed by atoms with Gasteiger partial charge in [0.05, 0.1) is 26.4 Å². The third kappa shape index (κ3) is 7.89. The van der Waals surface area contributed by atoms with Crippen LogP contribution in [0.5, 0.6) is 5.75 Å². The fourth-order valence-electron chi connectivity index (χ4n) is 3.56. The van der Waals surface area contributed by atoms with E-state index in [0.717, 1.165) is 9.13 Å². The molecule has 2 N–H and O–H groups in total. The van der Waals surface area contributed by atoms with Crippen LogP contribution < -0.4 is 4.74 Å². The number of halogens is 1. The molecule has 0 spiro atoms. The summed E-state index contributed by atoms with van der Waals surface area (Å²) in [6.07, 6.45) is -4.21. The van der Waals surface area contributed by atoms with E-state index in [1.807, 2.05) is 49.4 Å². The predicted molar refractivity (Wildman–Crippen MR) is 132 cm³/mol. The molecule has 1 saturated heterocycles. The summed E-state index contributed by atoms with van der Waals surface area (Å²) in [7, 11) is 0. The number of aliphatic hydroxyl groups excluding tert-OH is 2. The van der Waals surface area contributed by atoms with Crippen LogP contribution in [0.25, 0.3) is 0 Å². The van der Waals surface area contributed by atoms with Gasteiger partial charge in [-0.15, -0.1) is 0 Å². The molecule has 0 aliphatic carbocycles. The van der Waals surface area contributed by atoms with E-state index in [-0.39, 0.29) is 26.2 Å². The van der Waals surface area contributed by atoms with Gasteiger partial charge < -0.3 is 33.9 Å².